The standard InChI is InChI=1S/C18H22FN3O2/c1-13-20-6-9-22(13)8-3-7-21-11-16(17(12-21)18(23)24)14-4-2-5-15(19)10-14/h2,4-6,9-10,16-17H,3,7-8,11-12H2,1H3,(H,23,24). The zero-order valence-electron chi connectivity index (χ0n) is 13.7. The van der Waals surface area contributed by atoms with Crippen molar-refractivity contribution in [1.82, 2.24) is 14.5 Å². The molecule has 5 nitrogen and oxygen atoms in total. The maximum atomic E-state index is 13.5. The van der Waals surface area contributed by atoms with Gasteiger partial charge in [-0.1, -0.05) is 12.1 Å². The summed E-state index contributed by atoms with van der Waals surface area (Å²) in [5.41, 5.74) is 0.773. The summed E-state index contributed by atoms with van der Waals surface area (Å²) in [4.78, 5) is 18.0. The predicted molar refractivity (Wildman–Crippen MR) is 88.3 cm³/mol. The van der Waals surface area contributed by atoms with Crippen LogP contribution in [-0.2, 0) is 11.3 Å². The highest BCUT2D eigenvalue weighted by Crippen LogP contribution is 2.33. The first kappa shape index (κ1) is 16.6. The molecule has 2 heterocycles. The van der Waals surface area contributed by atoms with E-state index in [0.717, 1.165) is 30.9 Å². The van der Waals surface area contributed by atoms with Crippen LogP contribution >= 0.6 is 0 Å². The Morgan fingerprint density at radius 1 is 1.38 bits per heavy atom. The van der Waals surface area contributed by atoms with E-state index >= 15 is 0 Å². The average Bonchev–Trinajstić information content (AvgIpc) is 3.14. The molecule has 0 saturated carbocycles. The molecule has 1 aliphatic rings. The molecule has 2 aromatic rings. The Kier molecular flexibility index (Phi) is 4.94. The van der Waals surface area contributed by atoms with Gasteiger partial charge in [-0.3, -0.25) is 4.79 Å². The number of likely N-dealkylation sites (tertiary alicyclic amines) is 1. The molecule has 1 aromatic heterocycles. The lowest BCUT2D eigenvalue weighted by molar-refractivity contribution is -0.141. The number of aryl methyl sites for hydroxylation is 2. The Labute approximate surface area is 140 Å². The summed E-state index contributed by atoms with van der Waals surface area (Å²) in [5, 5.41) is 9.51. The van der Waals surface area contributed by atoms with Crippen molar-refractivity contribution in [2.75, 3.05) is 19.6 Å². The lowest BCUT2D eigenvalue weighted by Crippen LogP contribution is -2.25. The number of rotatable bonds is 6. The van der Waals surface area contributed by atoms with Gasteiger partial charge in [0, 0.05) is 37.9 Å². The zero-order valence-corrected chi connectivity index (χ0v) is 13.7. The number of carbonyl (C=O) groups is 1. The summed E-state index contributed by atoms with van der Waals surface area (Å²) in [6, 6.07) is 6.31. The highest BCUT2D eigenvalue weighted by atomic mass is 19.1. The van der Waals surface area contributed by atoms with Crippen LogP contribution in [-0.4, -0.2) is 45.2 Å². The van der Waals surface area contributed by atoms with Crippen LogP contribution in [0.15, 0.2) is 36.7 Å². The molecule has 1 aromatic carbocycles. The molecule has 6 heteroatoms. The van der Waals surface area contributed by atoms with E-state index in [9.17, 15) is 14.3 Å². The zero-order chi connectivity index (χ0) is 17.1. The van der Waals surface area contributed by atoms with E-state index in [1.165, 1.54) is 12.1 Å². The first-order chi connectivity index (χ1) is 11.5. The maximum Gasteiger partial charge on any atom is 0.308 e. The third kappa shape index (κ3) is 3.64. The van der Waals surface area contributed by atoms with Crippen molar-refractivity contribution >= 4 is 5.97 Å². The fraction of sp³-hybridized carbons (Fsp3) is 0.444. The Bertz CT molecular complexity index is 716. The van der Waals surface area contributed by atoms with Crippen molar-refractivity contribution in [2.24, 2.45) is 5.92 Å². The summed E-state index contributed by atoms with van der Waals surface area (Å²) in [7, 11) is 0. The van der Waals surface area contributed by atoms with E-state index in [0.29, 0.717) is 13.1 Å². The molecule has 2 unspecified atom stereocenters. The number of hydrogen-bond donors (Lipinski definition) is 1. The minimum Gasteiger partial charge on any atom is -0.481 e. The molecule has 2 atom stereocenters. The molecule has 24 heavy (non-hydrogen) atoms. The summed E-state index contributed by atoms with van der Waals surface area (Å²) < 4.78 is 15.6. The summed E-state index contributed by atoms with van der Waals surface area (Å²) in [6.07, 6.45) is 4.67. The van der Waals surface area contributed by atoms with Crippen molar-refractivity contribution in [2.45, 2.75) is 25.8 Å². The van der Waals surface area contributed by atoms with Gasteiger partial charge in [0.05, 0.1) is 5.92 Å². The number of carboxylic acids is 1. The Morgan fingerprint density at radius 2 is 2.21 bits per heavy atom. The molecule has 1 N–H and O–H groups in total. The molecule has 128 valence electrons. The number of nitrogens with zero attached hydrogens (tertiary/aromatic N) is 3. The molecule has 1 saturated heterocycles. The van der Waals surface area contributed by atoms with E-state index in [1.807, 2.05) is 19.2 Å². The molecule has 3 rings (SSSR count). The monoisotopic (exact) mass is 331 g/mol. The molecule has 0 bridgehead atoms. The summed E-state index contributed by atoms with van der Waals surface area (Å²) >= 11 is 0. The molecule has 0 amide bonds. The minimum atomic E-state index is -0.808. The second-order valence-electron chi connectivity index (χ2n) is 6.39. The number of imidazole rings is 1. The molecule has 1 fully saturated rings. The van der Waals surface area contributed by atoms with Crippen LogP contribution in [0.4, 0.5) is 4.39 Å². The van der Waals surface area contributed by atoms with E-state index < -0.39 is 11.9 Å². The highest BCUT2D eigenvalue weighted by molar-refractivity contribution is 5.72. The van der Waals surface area contributed by atoms with Crippen molar-refractivity contribution in [3.05, 3.63) is 53.9 Å². The van der Waals surface area contributed by atoms with Gasteiger partial charge < -0.3 is 14.6 Å². The van der Waals surface area contributed by atoms with E-state index in [-0.39, 0.29) is 11.7 Å². The third-order valence-corrected chi connectivity index (χ3v) is 4.79. The number of aromatic nitrogens is 2. The van der Waals surface area contributed by atoms with Crippen LogP contribution in [0.25, 0.3) is 0 Å². The van der Waals surface area contributed by atoms with Crippen LogP contribution in [0.3, 0.4) is 0 Å². The molecular weight excluding hydrogens is 309 g/mol. The van der Waals surface area contributed by atoms with Crippen molar-refractivity contribution in [3.8, 4) is 0 Å². The largest absolute Gasteiger partial charge is 0.481 e. The van der Waals surface area contributed by atoms with Crippen LogP contribution < -0.4 is 0 Å². The van der Waals surface area contributed by atoms with Gasteiger partial charge in [0.2, 0.25) is 0 Å². The van der Waals surface area contributed by atoms with Crippen molar-refractivity contribution < 1.29 is 14.3 Å². The summed E-state index contributed by atoms with van der Waals surface area (Å²) in [6.45, 7) is 4.83. The van der Waals surface area contributed by atoms with Gasteiger partial charge in [-0.15, -0.1) is 0 Å². The number of hydrogen-bond acceptors (Lipinski definition) is 3. The fourth-order valence-electron chi connectivity index (χ4n) is 3.50. The molecule has 1 aliphatic heterocycles. The van der Waals surface area contributed by atoms with Crippen LogP contribution in [0.5, 0.6) is 0 Å². The molecule has 0 radical (unpaired) electrons. The Morgan fingerprint density at radius 3 is 2.88 bits per heavy atom. The first-order valence-corrected chi connectivity index (χ1v) is 8.23. The number of aliphatic carboxylic acids is 1. The molecular formula is C18H22FN3O2. The lowest BCUT2D eigenvalue weighted by atomic mass is 9.89. The number of benzene rings is 1. The lowest BCUT2D eigenvalue weighted by Gasteiger charge is -2.16. The van der Waals surface area contributed by atoms with Gasteiger partial charge in [0.1, 0.15) is 11.6 Å². The van der Waals surface area contributed by atoms with Crippen LogP contribution in [0.2, 0.25) is 0 Å². The van der Waals surface area contributed by atoms with Gasteiger partial charge in [0.15, 0.2) is 0 Å². The quantitative estimate of drug-likeness (QED) is 0.884. The van der Waals surface area contributed by atoms with Gasteiger partial charge >= 0.3 is 5.97 Å². The van der Waals surface area contributed by atoms with Gasteiger partial charge in [-0.2, -0.15) is 0 Å². The maximum absolute atomic E-state index is 13.5. The summed E-state index contributed by atoms with van der Waals surface area (Å²) in [5.74, 6) is -0.782. The smallest absolute Gasteiger partial charge is 0.308 e. The van der Waals surface area contributed by atoms with E-state index in [4.69, 9.17) is 0 Å². The predicted octanol–water partition coefficient (Wildman–Crippen LogP) is 2.52. The third-order valence-electron chi connectivity index (χ3n) is 4.79. The second kappa shape index (κ2) is 7.13. The van der Waals surface area contributed by atoms with Gasteiger partial charge in [0.25, 0.3) is 0 Å². The Balaban J connectivity index is 1.62. The Hall–Kier alpha value is -2.21. The molecule has 0 spiro atoms. The van der Waals surface area contributed by atoms with Crippen LogP contribution in [0.1, 0.15) is 23.7 Å². The van der Waals surface area contributed by atoms with Crippen molar-refractivity contribution in [1.29, 1.82) is 0 Å². The SMILES string of the molecule is Cc1nccn1CCCN1CC(C(=O)O)C(c2cccc(F)c2)C1. The molecule has 0 aliphatic carbocycles. The van der Waals surface area contributed by atoms with Gasteiger partial charge in [-0.05, 0) is 37.6 Å². The number of halogens is 1. The average molecular weight is 331 g/mol. The first-order valence-electron chi connectivity index (χ1n) is 8.23. The topological polar surface area (TPSA) is 58.4 Å². The van der Waals surface area contributed by atoms with E-state index in [1.54, 1.807) is 12.3 Å². The fourth-order valence-corrected chi connectivity index (χ4v) is 3.50. The number of carboxylic acid groups (broad SMARTS) is 1. The van der Waals surface area contributed by atoms with Crippen molar-refractivity contribution in [3.63, 3.8) is 0 Å². The van der Waals surface area contributed by atoms with E-state index in [2.05, 4.69) is 14.5 Å². The van der Waals surface area contributed by atoms with Crippen LogP contribution in [0, 0.1) is 18.7 Å². The second-order valence-corrected chi connectivity index (χ2v) is 6.39. The van der Waals surface area contributed by atoms with Gasteiger partial charge in [-0.25, -0.2) is 9.37 Å². The highest BCUT2D eigenvalue weighted by Gasteiger charge is 2.38. The minimum absolute atomic E-state index is 0.159. The normalized spacial score (nSPS) is 21.2.